The lowest BCUT2D eigenvalue weighted by molar-refractivity contribution is -0.144. The van der Waals surface area contributed by atoms with Gasteiger partial charge < -0.3 is 19.5 Å². The van der Waals surface area contributed by atoms with Gasteiger partial charge in [-0.1, -0.05) is 0 Å². The fourth-order valence-corrected chi connectivity index (χ4v) is 3.41. The Morgan fingerprint density at radius 3 is 2.88 bits per heavy atom. The number of hydrogen-bond acceptors (Lipinski definition) is 4. The van der Waals surface area contributed by atoms with Crippen molar-refractivity contribution in [1.82, 2.24) is 4.90 Å². The maximum atomic E-state index is 9.85. The van der Waals surface area contributed by atoms with E-state index in [-0.39, 0.29) is 6.10 Å². The molecule has 16 heavy (non-hydrogen) atoms. The molecule has 4 nitrogen and oxygen atoms in total. The third kappa shape index (κ3) is 2.12. The van der Waals surface area contributed by atoms with Gasteiger partial charge in [-0.2, -0.15) is 0 Å². The van der Waals surface area contributed by atoms with Crippen molar-refractivity contribution >= 4 is 0 Å². The van der Waals surface area contributed by atoms with Crippen LogP contribution in [0.1, 0.15) is 19.3 Å². The summed E-state index contributed by atoms with van der Waals surface area (Å²) in [6.07, 6.45) is 3.51. The van der Waals surface area contributed by atoms with Gasteiger partial charge in [0.05, 0.1) is 18.8 Å². The van der Waals surface area contributed by atoms with Crippen LogP contribution >= 0.6 is 0 Å². The van der Waals surface area contributed by atoms with Gasteiger partial charge in [-0.05, 0) is 25.2 Å². The third-order valence-electron chi connectivity index (χ3n) is 4.33. The number of aliphatic hydroxyl groups is 1. The molecule has 0 aromatic carbocycles. The summed E-state index contributed by atoms with van der Waals surface area (Å²) in [6, 6.07) is 0. The van der Waals surface area contributed by atoms with Gasteiger partial charge >= 0.3 is 0 Å². The summed E-state index contributed by atoms with van der Waals surface area (Å²) in [7, 11) is 0. The first-order valence-electron chi connectivity index (χ1n) is 6.42. The molecular weight excluding hydrogens is 206 g/mol. The summed E-state index contributed by atoms with van der Waals surface area (Å²) in [5.41, 5.74) is 0. The second kappa shape index (κ2) is 4.61. The molecule has 0 aromatic heterocycles. The Kier molecular flexibility index (Phi) is 3.16. The van der Waals surface area contributed by atoms with Gasteiger partial charge in [0.25, 0.3) is 0 Å². The number of fused-ring (bicyclic) bond motifs is 1. The Labute approximate surface area is 96.5 Å². The first-order chi connectivity index (χ1) is 7.83. The molecule has 0 spiro atoms. The summed E-state index contributed by atoms with van der Waals surface area (Å²) in [4.78, 5) is 2.47. The van der Waals surface area contributed by atoms with Crippen LogP contribution in [0.25, 0.3) is 0 Å². The Bertz CT molecular complexity index is 242. The molecule has 92 valence electrons. The number of aliphatic hydroxyl groups excluding tert-OH is 1. The first-order valence-corrected chi connectivity index (χ1v) is 6.42. The van der Waals surface area contributed by atoms with E-state index in [1.165, 1.54) is 6.42 Å². The average molecular weight is 227 g/mol. The van der Waals surface area contributed by atoms with Crippen molar-refractivity contribution in [1.29, 1.82) is 0 Å². The van der Waals surface area contributed by atoms with E-state index in [4.69, 9.17) is 9.47 Å². The molecule has 0 amide bonds. The Hall–Kier alpha value is -0.160. The van der Waals surface area contributed by atoms with Gasteiger partial charge in [0.15, 0.2) is 0 Å². The normalized spacial score (nSPS) is 44.8. The van der Waals surface area contributed by atoms with Crippen molar-refractivity contribution in [3.05, 3.63) is 0 Å². The number of rotatable bonds is 2. The number of nitrogens with zero attached hydrogens (tertiary/aromatic N) is 1. The quantitative estimate of drug-likeness (QED) is 0.744. The van der Waals surface area contributed by atoms with Crippen LogP contribution in [0.3, 0.4) is 0 Å². The van der Waals surface area contributed by atoms with Gasteiger partial charge in [-0.15, -0.1) is 0 Å². The Balaban J connectivity index is 1.50. The monoisotopic (exact) mass is 227 g/mol. The van der Waals surface area contributed by atoms with E-state index in [0.717, 1.165) is 45.0 Å². The predicted molar refractivity (Wildman–Crippen MR) is 59.0 cm³/mol. The van der Waals surface area contributed by atoms with Crippen LogP contribution < -0.4 is 0 Å². The third-order valence-corrected chi connectivity index (χ3v) is 4.33. The zero-order valence-corrected chi connectivity index (χ0v) is 9.68. The van der Waals surface area contributed by atoms with Crippen molar-refractivity contribution < 1.29 is 14.6 Å². The summed E-state index contributed by atoms with van der Waals surface area (Å²) < 4.78 is 10.7. The van der Waals surface area contributed by atoms with Crippen molar-refractivity contribution in [3.8, 4) is 0 Å². The zero-order valence-electron chi connectivity index (χ0n) is 9.68. The van der Waals surface area contributed by atoms with Gasteiger partial charge in [0.2, 0.25) is 0 Å². The van der Waals surface area contributed by atoms with Crippen LogP contribution in [0.15, 0.2) is 0 Å². The molecule has 2 aliphatic heterocycles. The Morgan fingerprint density at radius 1 is 1.19 bits per heavy atom. The molecule has 4 heteroatoms. The molecule has 2 heterocycles. The molecule has 1 saturated carbocycles. The fourth-order valence-electron chi connectivity index (χ4n) is 3.41. The van der Waals surface area contributed by atoms with Crippen molar-refractivity contribution in [2.45, 2.75) is 31.5 Å². The number of hydrogen-bond donors (Lipinski definition) is 1. The van der Waals surface area contributed by atoms with E-state index in [2.05, 4.69) is 4.90 Å². The highest BCUT2D eigenvalue weighted by atomic mass is 16.7. The van der Waals surface area contributed by atoms with Crippen LogP contribution in [0.5, 0.6) is 0 Å². The van der Waals surface area contributed by atoms with Crippen molar-refractivity contribution in [2.75, 3.05) is 33.0 Å². The second-order valence-electron chi connectivity index (χ2n) is 5.39. The summed E-state index contributed by atoms with van der Waals surface area (Å²) in [5, 5.41) is 9.85. The van der Waals surface area contributed by atoms with Crippen LogP contribution in [-0.4, -0.2) is 55.2 Å². The topological polar surface area (TPSA) is 41.9 Å². The number of ether oxygens (including phenoxy) is 2. The van der Waals surface area contributed by atoms with Crippen LogP contribution in [0.4, 0.5) is 0 Å². The standard InChI is InChI=1S/C12H21NO3/c14-12-2-1-9-5-13(7-11(9)12)6-10-3-4-15-8-16-10/h9-12,14H,1-8H2. The van der Waals surface area contributed by atoms with Gasteiger partial charge in [0.1, 0.15) is 6.79 Å². The Morgan fingerprint density at radius 2 is 2.12 bits per heavy atom. The molecule has 3 aliphatic rings. The maximum absolute atomic E-state index is 9.85. The van der Waals surface area contributed by atoms with E-state index in [0.29, 0.717) is 18.8 Å². The summed E-state index contributed by atoms with van der Waals surface area (Å²) in [6.45, 7) is 4.51. The van der Waals surface area contributed by atoms with E-state index in [9.17, 15) is 5.11 Å². The SMILES string of the molecule is OC1CCC2CN(CC3CCOCO3)CC12. The highest BCUT2D eigenvalue weighted by Gasteiger charge is 2.42. The minimum absolute atomic E-state index is 0.0504. The highest BCUT2D eigenvalue weighted by molar-refractivity contribution is 4.94. The van der Waals surface area contributed by atoms with Crippen LogP contribution in [0, 0.1) is 11.8 Å². The average Bonchev–Trinajstić information content (AvgIpc) is 2.83. The van der Waals surface area contributed by atoms with E-state index >= 15 is 0 Å². The maximum Gasteiger partial charge on any atom is 0.147 e. The molecule has 4 atom stereocenters. The van der Waals surface area contributed by atoms with Crippen LogP contribution in [-0.2, 0) is 9.47 Å². The molecule has 0 bridgehead atoms. The minimum Gasteiger partial charge on any atom is -0.393 e. The second-order valence-corrected chi connectivity index (χ2v) is 5.39. The first kappa shape index (κ1) is 11.0. The van der Waals surface area contributed by atoms with Gasteiger partial charge in [0, 0.05) is 25.6 Å². The van der Waals surface area contributed by atoms with E-state index in [1.54, 1.807) is 0 Å². The molecule has 1 N–H and O–H groups in total. The van der Waals surface area contributed by atoms with Gasteiger partial charge in [-0.3, -0.25) is 0 Å². The minimum atomic E-state index is -0.0504. The zero-order chi connectivity index (χ0) is 11.0. The summed E-state index contributed by atoms with van der Waals surface area (Å²) >= 11 is 0. The molecule has 0 aromatic rings. The summed E-state index contributed by atoms with van der Waals surface area (Å²) in [5.74, 6) is 1.26. The van der Waals surface area contributed by atoms with Crippen LogP contribution in [0.2, 0.25) is 0 Å². The molecule has 4 unspecified atom stereocenters. The van der Waals surface area contributed by atoms with Gasteiger partial charge in [-0.25, -0.2) is 0 Å². The lowest BCUT2D eigenvalue weighted by Crippen LogP contribution is -2.37. The highest BCUT2D eigenvalue weighted by Crippen LogP contribution is 2.38. The van der Waals surface area contributed by atoms with Crippen molar-refractivity contribution in [2.24, 2.45) is 11.8 Å². The molecule has 3 rings (SSSR count). The lowest BCUT2D eigenvalue weighted by Gasteiger charge is -2.27. The predicted octanol–water partition coefficient (Wildman–Crippen LogP) is 0.452. The molecule has 3 fully saturated rings. The fraction of sp³-hybridized carbons (Fsp3) is 1.00. The smallest absolute Gasteiger partial charge is 0.147 e. The van der Waals surface area contributed by atoms with Crippen molar-refractivity contribution in [3.63, 3.8) is 0 Å². The molecule has 0 radical (unpaired) electrons. The molecule has 2 saturated heterocycles. The molecular formula is C12H21NO3. The number of likely N-dealkylation sites (tertiary alicyclic amines) is 1. The molecule has 1 aliphatic carbocycles. The van der Waals surface area contributed by atoms with E-state index < -0.39 is 0 Å². The lowest BCUT2D eigenvalue weighted by atomic mass is 10.00. The van der Waals surface area contributed by atoms with E-state index in [1.807, 2.05) is 0 Å². The largest absolute Gasteiger partial charge is 0.393 e.